The highest BCUT2D eigenvalue weighted by molar-refractivity contribution is 5.86. The van der Waals surface area contributed by atoms with Crippen LogP contribution in [0.4, 0.5) is 0 Å². The number of carboxylic acid groups (broad SMARTS) is 1. The van der Waals surface area contributed by atoms with Crippen molar-refractivity contribution in [3.8, 4) is 11.3 Å². The van der Waals surface area contributed by atoms with Crippen molar-refractivity contribution < 1.29 is 14.4 Å². The van der Waals surface area contributed by atoms with Crippen molar-refractivity contribution in [1.29, 1.82) is 0 Å². The van der Waals surface area contributed by atoms with E-state index in [0.29, 0.717) is 18.2 Å². The van der Waals surface area contributed by atoms with Crippen molar-refractivity contribution in [2.45, 2.75) is 32.6 Å². The summed E-state index contributed by atoms with van der Waals surface area (Å²) >= 11 is 0. The number of fused-ring (bicyclic) bond motifs is 1. The summed E-state index contributed by atoms with van der Waals surface area (Å²) in [5.74, 6) is -0.0573. The first kappa shape index (κ1) is 17.0. The maximum atomic E-state index is 12.6. The van der Waals surface area contributed by atoms with Crippen molar-refractivity contribution >= 4 is 16.7 Å². The number of unbranched alkanes of at least 4 members (excludes halogenated alkanes) is 1. The van der Waals surface area contributed by atoms with Crippen molar-refractivity contribution in [1.82, 2.24) is 9.72 Å². The van der Waals surface area contributed by atoms with Crippen LogP contribution in [0.2, 0.25) is 0 Å². The predicted molar refractivity (Wildman–Crippen MR) is 94.6 cm³/mol. The van der Waals surface area contributed by atoms with Gasteiger partial charge in [0.05, 0.1) is 0 Å². The highest BCUT2D eigenvalue weighted by Crippen LogP contribution is 2.23. The molecule has 3 rings (SSSR count). The summed E-state index contributed by atoms with van der Waals surface area (Å²) in [6.45, 7) is 1.84. The first-order chi connectivity index (χ1) is 12.0. The summed E-state index contributed by atoms with van der Waals surface area (Å²) in [5.41, 5.74) is 2.49. The van der Waals surface area contributed by atoms with Gasteiger partial charge >= 0.3 is 5.97 Å². The Hall–Kier alpha value is -2.89. The molecule has 1 aromatic carbocycles. The van der Waals surface area contributed by atoms with E-state index in [9.17, 15) is 9.59 Å². The van der Waals surface area contributed by atoms with E-state index < -0.39 is 5.97 Å². The van der Waals surface area contributed by atoms with Gasteiger partial charge in [0, 0.05) is 36.2 Å². The fourth-order valence-electron chi connectivity index (χ4n) is 2.95. The van der Waals surface area contributed by atoms with Crippen LogP contribution in [0.15, 0.2) is 39.6 Å². The molecule has 130 valence electrons. The van der Waals surface area contributed by atoms with Gasteiger partial charge in [-0.3, -0.25) is 9.59 Å². The number of carbonyl (C=O) groups is 1. The third-order valence-corrected chi connectivity index (χ3v) is 4.34. The van der Waals surface area contributed by atoms with E-state index in [-0.39, 0.29) is 12.0 Å². The van der Waals surface area contributed by atoms with Gasteiger partial charge in [-0.2, -0.15) is 0 Å². The maximum Gasteiger partial charge on any atom is 0.303 e. The SMILES string of the molecule is Cc1cc(-c2ccc3c(=O)n(C)c(CCCCC(=O)O)cc3c2)no1. The Labute approximate surface area is 144 Å². The van der Waals surface area contributed by atoms with Crippen molar-refractivity contribution in [3.63, 3.8) is 0 Å². The second-order valence-electron chi connectivity index (χ2n) is 6.23. The molecule has 0 spiro atoms. The molecule has 6 heteroatoms. The van der Waals surface area contributed by atoms with Gasteiger partial charge in [0.1, 0.15) is 11.5 Å². The molecule has 1 N–H and O–H groups in total. The Balaban J connectivity index is 1.94. The molecule has 0 unspecified atom stereocenters. The number of rotatable bonds is 6. The van der Waals surface area contributed by atoms with Crippen LogP contribution in [0.1, 0.15) is 30.7 Å². The zero-order chi connectivity index (χ0) is 18.0. The maximum absolute atomic E-state index is 12.6. The zero-order valence-electron chi connectivity index (χ0n) is 14.3. The molecule has 0 aliphatic heterocycles. The van der Waals surface area contributed by atoms with Crippen LogP contribution in [0.5, 0.6) is 0 Å². The number of pyridine rings is 1. The fraction of sp³-hybridized carbons (Fsp3) is 0.316. The lowest BCUT2D eigenvalue weighted by molar-refractivity contribution is -0.137. The van der Waals surface area contributed by atoms with E-state index in [0.717, 1.165) is 34.5 Å². The summed E-state index contributed by atoms with van der Waals surface area (Å²) < 4.78 is 6.76. The molecule has 0 aliphatic carbocycles. The van der Waals surface area contributed by atoms with Crippen molar-refractivity contribution in [2.24, 2.45) is 7.05 Å². The molecule has 0 aliphatic rings. The molecule has 0 amide bonds. The van der Waals surface area contributed by atoms with Gasteiger partial charge in [-0.15, -0.1) is 0 Å². The standard InChI is InChI=1S/C19H20N2O4/c1-12-9-17(20-25-12)13-7-8-16-14(10-13)11-15(21(2)19(16)24)5-3-4-6-18(22)23/h7-11H,3-6H2,1-2H3,(H,22,23). The van der Waals surface area contributed by atoms with Crippen LogP contribution < -0.4 is 5.56 Å². The van der Waals surface area contributed by atoms with E-state index in [4.69, 9.17) is 9.63 Å². The zero-order valence-corrected chi connectivity index (χ0v) is 14.3. The van der Waals surface area contributed by atoms with E-state index >= 15 is 0 Å². The lowest BCUT2D eigenvalue weighted by Gasteiger charge is -2.10. The second kappa shape index (κ2) is 6.93. The molecule has 25 heavy (non-hydrogen) atoms. The molecule has 3 aromatic rings. The van der Waals surface area contributed by atoms with Gasteiger partial charge < -0.3 is 14.2 Å². The Morgan fingerprint density at radius 3 is 2.72 bits per heavy atom. The number of benzene rings is 1. The molecule has 0 bridgehead atoms. The number of aliphatic carboxylic acids is 1. The average molecular weight is 340 g/mol. The van der Waals surface area contributed by atoms with Crippen LogP contribution >= 0.6 is 0 Å². The Bertz CT molecular complexity index is 985. The highest BCUT2D eigenvalue weighted by atomic mass is 16.5. The molecule has 2 heterocycles. The average Bonchev–Trinajstić information content (AvgIpc) is 3.01. The molecule has 2 aromatic heterocycles. The van der Waals surface area contributed by atoms with Gasteiger partial charge in [-0.05, 0) is 49.8 Å². The molecule has 0 saturated heterocycles. The topological polar surface area (TPSA) is 85.3 Å². The monoisotopic (exact) mass is 340 g/mol. The van der Waals surface area contributed by atoms with Crippen molar-refractivity contribution in [3.05, 3.63) is 52.1 Å². The lowest BCUT2D eigenvalue weighted by atomic mass is 10.0. The minimum absolute atomic E-state index is 0.0476. The molecule has 0 radical (unpaired) electrons. The first-order valence-electron chi connectivity index (χ1n) is 8.24. The van der Waals surface area contributed by atoms with Crippen LogP contribution in [-0.4, -0.2) is 20.8 Å². The van der Waals surface area contributed by atoms with E-state index in [2.05, 4.69) is 5.16 Å². The normalized spacial score (nSPS) is 11.1. The first-order valence-corrected chi connectivity index (χ1v) is 8.24. The van der Waals surface area contributed by atoms with Gasteiger partial charge in [0.15, 0.2) is 0 Å². The lowest BCUT2D eigenvalue weighted by Crippen LogP contribution is -2.20. The summed E-state index contributed by atoms with van der Waals surface area (Å²) in [4.78, 5) is 23.2. The third kappa shape index (κ3) is 3.63. The van der Waals surface area contributed by atoms with E-state index in [1.807, 2.05) is 37.3 Å². The smallest absolute Gasteiger partial charge is 0.303 e. The van der Waals surface area contributed by atoms with Crippen LogP contribution in [0, 0.1) is 6.92 Å². The summed E-state index contributed by atoms with van der Waals surface area (Å²) in [5, 5.41) is 14.3. The van der Waals surface area contributed by atoms with Crippen LogP contribution in [0.3, 0.4) is 0 Å². The fourth-order valence-corrected chi connectivity index (χ4v) is 2.95. The van der Waals surface area contributed by atoms with Gasteiger partial charge in [0.2, 0.25) is 0 Å². The van der Waals surface area contributed by atoms with Gasteiger partial charge in [-0.1, -0.05) is 11.2 Å². The Morgan fingerprint density at radius 1 is 1.24 bits per heavy atom. The Kier molecular flexibility index (Phi) is 4.70. The molecule has 0 fully saturated rings. The largest absolute Gasteiger partial charge is 0.481 e. The number of hydrogen-bond acceptors (Lipinski definition) is 4. The number of aromatic nitrogens is 2. The molecule has 0 atom stereocenters. The molecular weight excluding hydrogens is 320 g/mol. The molecular formula is C19H20N2O4. The second-order valence-corrected chi connectivity index (χ2v) is 6.23. The van der Waals surface area contributed by atoms with Crippen molar-refractivity contribution in [2.75, 3.05) is 0 Å². The number of hydrogen-bond donors (Lipinski definition) is 1. The minimum Gasteiger partial charge on any atom is -0.481 e. The van der Waals surface area contributed by atoms with Gasteiger partial charge in [0.25, 0.3) is 5.56 Å². The molecule has 6 nitrogen and oxygen atoms in total. The Morgan fingerprint density at radius 2 is 2.04 bits per heavy atom. The summed E-state index contributed by atoms with van der Waals surface area (Å²) in [6.07, 6.45) is 2.15. The third-order valence-electron chi connectivity index (χ3n) is 4.34. The molecule has 0 saturated carbocycles. The van der Waals surface area contributed by atoms with E-state index in [1.165, 1.54) is 0 Å². The minimum atomic E-state index is -0.792. The number of nitrogens with zero attached hydrogens (tertiary/aromatic N) is 2. The highest BCUT2D eigenvalue weighted by Gasteiger charge is 2.10. The van der Waals surface area contributed by atoms with Crippen LogP contribution in [-0.2, 0) is 18.3 Å². The summed E-state index contributed by atoms with van der Waals surface area (Å²) in [6, 6.07) is 9.47. The van der Waals surface area contributed by atoms with Crippen LogP contribution in [0.25, 0.3) is 22.0 Å². The van der Waals surface area contributed by atoms with Gasteiger partial charge in [-0.25, -0.2) is 0 Å². The number of carboxylic acids is 1. The van der Waals surface area contributed by atoms with E-state index in [1.54, 1.807) is 11.6 Å². The predicted octanol–water partition coefficient (Wildman–Crippen LogP) is 3.30. The summed E-state index contributed by atoms with van der Waals surface area (Å²) in [7, 11) is 1.75. The number of aryl methyl sites for hydroxylation is 2. The quantitative estimate of drug-likeness (QED) is 0.696.